The summed E-state index contributed by atoms with van der Waals surface area (Å²) in [7, 11) is 1.33. The van der Waals surface area contributed by atoms with Crippen LogP contribution in [0.1, 0.15) is 10.4 Å². The summed E-state index contributed by atoms with van der Waals surface area (Å²) in [5, 5.41) is 6.09. The van der Waals surface area contributed by atoms with E-state index in [2.05, 4.69) is 26.1 Å². The highest BCUT2D eigenvalue weighted by molar-refractivity contribution is 6.04. The van der Waals surface area contributed by atoms with Crippen molar-refractivity contribution in [2.75, 3.05) is 31.0 Å². The average molecular weight is 425 g/mol. The molecule has 3 N–H and O–H groups in total. The molecular weight excluding hydrogens is 405 g/mol. The van der Waals surface area contributed by atoms with Gasteiger partial charge in [0.2, 0.25) is 5.95 Å². The second kappa shape index (κ2) is 9.37. The molecule has 0 unspecified atom stereocenters. The Morgan fingerprint density at radius 3 is 2.68 bits per heavy atom. The molecule has 1 fully saturated rings. The van der Waals surface area contributed by atoms with Crippen LogP contribution in [0, 0.1) is 5.95 Å². The van der Waals surface area contributed by atoms with Crippen LogP contribution in [0.25, 0.3) is 0 Å². The lowest BCUT2D eigenvalue weighted by Gasteiger charge is -2.28. The number of carbonyl (C=O) groups is 1. The molecule has 2 aromatic heterocycles. The fraction of sp³-hybridized carbons (Fsp3) is 0.190. The van der Waals surface area contributed by atoms with Crippen molar-refractivity contribution in [2.24, 2.45) is 0 Å². The molecule has 0 atom stereocenters. The van der Waals surface area contributed by atoms with E-state index in [0.717, 1.165) is 0 Å². The Balaban J connectivity index is 1.68. The number of anilines is 4. The van der Waals surface area contributed by atoms with Gasteiger partial charge in [-0.3, -0.25) is 9.63 Å². The smallest absolute Gasteiger partial charge is 0.280 e. The van der Waals surface area contributed by atoms with Crippen molar-refractivity contribution in [3.05, 3.63) is 66.2 Å². The van der Waals surface area contributed by atoms with Crippen LogP contribution in [0.2, 0.25) is 0 Å². The highest BCUT2D eigenvalue weighted by Crippen LogP contribution is 2.33. The van der Waals surface area contributed by atoms with Crippen molar-refractivity contribution >= 4 is 28.9 Å². The van der Waals surface area contributed by atoms with E-state index in [1.807, 2.05) is 24.3 Å². The van der Waals surface area contributed by atoms with E-state index in [1.165, 1.54) is 25.4 Å². The molecule has 1 saturated heterocycles. The van der Waals surface area contributed by atoms with Crippen LogP contribution in [0.3, 0.4) is 0 Å². The van der Waals surface area contributed by atoms with Crippen LogP contribution in [-0.2, 0) is 9.57 Å². The number of benzene rings is 1. The number of hydrogen-bond acceptors (Lipinski definition) is 8. The Bertz CT molecular complexity index is 1080. The average Bonchev–Trinajstić information content (AvgIpc) is 2.72. The van der Waals surface area contributed by atoms with Gasteiger partial charge >= 0.3 is 0 Å². The number of nitrogens with one attached hydrogen (secondary N) is 3. The van der Waals surface area contributed by atoms with Crippen molar-refractivity contribution in [1.29, 1.82) is 0 Å². The Labute approximate surface area is 177 Å². The van der Waals surface area contributed by atoms with Crippen molar-refractivity contribution in [3.8, 4) is 5.75 Å². The molecule has 1 aliphatic rings. The van der Waals surface area contributed by atoms with Crippen LogP contribution < -0.4 is 20.9 Å². The SMILES string of the molecule is CONC(=O)c1c(Nc2ccccc2OC2COC2)ccnc1Nc1cccc(F)n1. The molecule has 160 valence electrons. The number of amides is 1. The number of halogens is 1. The van der Waals surface area contributed by atoms with Gasteiger partial charge in [-0.1, -0.05) is 18.2 Å². The number of carbonyl (C=O) groups excluding carboxylic acids is 1. The molecule has 3 aromatic rings. The predicted octanol–water partition coefficient (Wildman–Crippen LogP) is 3.17. The Morgan fingerprint density at radius 2 is 1.94 bits per heavy atom. The molecule has 10 heteroatoms. The lowest BCUT2D eigenvalue weighted by Crippen LogP contribution is -2.38. The van der Waals surface area contributed by atoms with Gasteiger partial charge in [0.1, 0.15) is 29.1 Å². The second-order valence-electron chi connectivity index (χ2n) is 6.59. The molecule has 3 heterocycles. The Morgan fingerprint density at radius 1 is 1.10 bits per heavy atom. The van der Waals surface area contributed by atoms with E-state index < -0.39 is 11.9 Å². The lowest BCUT2D eigenvalue weighted by atomic mass is 10.1. The molecule has 0 aliphatic carbocycles. The zero-order valence-electron chi connectivity index (χ0n) is 16.6. The number of aromatic nitrogens is 2. The summed E-state index contributed by atoms with van der Waals surface area (Å²) in [6.07, 6.45) is 1.49. The fourth-order valence-corrected chi connectivity index (χ4v) is 2.91. The van der Waals surface area contributed by atoms with E-state index in [-0.39, 0.29) is 23.3 Å². The third kappa shape index (κ3) is 4.87. The molecule has 4 rings (SSSR count). The molecular formula is C21H20FN5O4. The highest BCUT2D eigenvalue weighted by atomic mass is 19.1. The van der Waals surface area contributed by atoms with Gasteiger partial charge in [-0.2, -0.15) is 4.39 Å². The fourth-order valence-electron chi connectivity index (χ4n) is 2.91. The molecule has 9 nitrogen and oxygen atoms in total. The molecule has 1 aliphatic heterocycles. The lowest BCUT2D eigenvalue weighted by molar-refractivity contribution is -0.0793. The topological polar surface area (TPSA) is 107 Å². The maximum atomic E-state index is 13.5. The minimum Gasteiger partial charge on any atom is -0.483 e. The number of ether oxygens (including phenoxy) is 2. The largest absolute Gasteiger partial charge is 0.483 e. The van der Waals surface area contributed by atoms with Crippen LogP contribution in [0.5, 0.6) is 5.75 Å². The van der Waals surface area contributed by atoms with Crippen molar-refractivity contribution in [3.63, 3.8) is 0 Å². The monoisotopic (exact) mass is 425 g/mol. The standard InChI is InChI=1S/C21H20FN5O4/c1-29-27-21(28)19-15(9-10-23-20(19)26-18-8-4-7-17(22)25-18)24-14-5-2-3-6-16(14)31-13-11-30-12-13/h2-10,13H,11-12H2,1H3,(H,27,28)(H2,23,24,25,26). The first-order valence-electron chi connectivity index (χ1n) is 9.46. The van der Waals surface area contributed by atoms with Gasteiger partial charge in [-0.25, -0.2) is 15.4 Å². The molecule has 31 heavy (non-hydrogen) atoms. The first-order valence-corrected chi connectivity index (χ1v) is 9.46. The van der Waals surface area contributed by atoms with Crippen molar-refractivity contribution in [1.82, 2.24) is 15.4 Å². The first kappa shape index (κ1) is 20.5. The molecule has 1 aromatic carbocycles. The van der Waals surface area contributed by atoms with Gasteiger partial charge in [0, 0.05) is 6.20 Å². The van der Waals surface area contributed by atoms with Gasteiger partial charge in [0.15, 0.2) is 0 Å². The van der Waals surface area contributed by atoms with E-state index in [9.17, 15) is 9.18 Å². The third-order valence-electron chi connectivity index (χ3n) is 4.39. The van der Waals surface area contributed by atoms with Gasteiger partial charge in [-0.05, 0) is 30.3 Å². The third-order valence-corrected chi connectivity index (χ3v) is 4.39. The predicted molar refractivity (Wildman–Crippen MR) is 111 cm³/mol. The van der Waals surface area contributed by atoms with Crippen molar-refractivity contribution in [2.45, 2.75) is 6.10 Å². The van der Waals surface area contributed by atoms with Gasteiger partial charge in [0.25, 0.3) is 5.91 Å². The summed E-state index contributed by atoms with van der Waals surface area (Å²) >= 11 is 0. The summed E-state index contributed by atoms with van der Waals surface area (Å²) < 4.78 is 24.6. The Kier molecular flexibility index (Phi) is 6.20. The minimum absolute atomic E-state index is 0.0204. The van der Waals surface area contributed by atoms with Crippen LogP contribution in [0.4, 0.5) is 27.4 Å². The quantitative estimate of drug-likeness (QED) is 0.373. The number of pyridine rings is 2. The Hall–Kier alpha value is -3.76. The zero-order chi connectivity index (χ0) is 21.6. The number of para-hydroxylation sites is 2. The summed E-state index contributed by atoms with van der Waals surface area (Å²) in [6, 6.07) is 13.3. The molecule has 0 spiro atoms. The second-order valence-corrected chi connectivity index (χ2v) is 6.59. The first-order chi connectivity index (χ1) is 15.1. The van der Waals surface area contributed by atoms with E-state index in [1.54, 1.807) is 12.1 Å². The molecule has 0 bridgehead atoms. The zero-order valence-corrected chi connectivity index (χ0v) is 16.6. The van der Waals surface area contributed by atoms with E-state index >= 15 is 0 Å². The van der Waals surface area contributed by atoms with E-state index in [4.69, 9.17) is 14.3 Å². The maximum absolute atomic E-state index is 13.5. The number of nitrogens with zero attached hydrogens (tertiary/aromatic N) is 2. The van der Waals surface area contributed by atoms with Crippen LogP contribution in [0.15, 0.2) is 54.7 Å². The minimum atomic E-state index is -0.659. The van der Waals surface area contributed by atoms with Gasteiger partial charge in [-0.15, -0.1) is 0 Å². The van der Waals surface area contributed by atoms with Crippen LogP contribution >= 0.6 is 0 Å². The van der Waals surface area contributed by atoms with E-state index in [0.29, 0.717) is 30.3 Å². The van der Waals surface area contributed by atoms with Crippen molar-refractivity contribution < 1.29 is 23.5 Å². The summed E-state index contributed by atoms with van der Waals surface area (Å²) in [5.41, 5.74) is 3.53. The van der Waals surface area contributed by atoms with Crippen LogP contribution in [-0.4, -0.2) is 42.3 Å². The summed E-state index contributed by atoms with van der Waals surface area (Å²) in [6.45, 7) is 1.06. The normalized spacial score (nSPS) is 13.2. The molecule has 0 radical (unpaired) electrons. The van der Waals surface area contributed by atoms with Gasteiger partial charge < -0.3 is 20.1 Å². The number of hydroxylamine groups is 1. The maximum Gasteiger partial charge on any atom is 0.280 e. The molecule has 0 saturated carbocycles. The molecule has 1 amide bonds. The van der Waals surface area contributed by atoms with Gasteiger partial charge in [0.05, 0.1) is 31.7 Å². The number of hydrogen-bond donors (Lipinski definition) is 3. The highest BCUT2D eigenvalue weighted by Gasteiger charge is 2.23. The summed E-state index contributed by atoms with van der Waals surface area (Å²) in [4.78, 5) is 25.5. The summed E-state index contributed by atoms with van der Waals surface area (Å²) in [5.74, 6) is -0.226. The number of rotatable bonds is 8.